The Morgan fingerprint density at radius 3 is 2.58 bits per heavy atom. The molecule has 0 aliphatic carbocycles. The molecule has 26 heavy (non-hydrogen) atoms. The summed E-state index contributed by atoms with van der Waals surface area (Å²) >= 11 is 1.26. The second-order valence-electron chi connectivity index (χ2n) is 7.18. The van der Waals surface area contributed by atoms with Gasteiger partial charge in [0.2, 0.25) is 5.91 Å². The van der Waals surface area contributed by atoms with Crippen molar-refractivity contribution >= 4 is 39.7 Å². The average molecular weight is 422 g/mol. The molecule has 2 saturated heterocycles. The molecule has 3 unspecified atom stereocenters. The fourth-order valence-corrected chi connectivity index (χ4v) is 6.85. The van der Waals surface area contributed by atoms with E-state index in [9.17, 15) is 13.2 Å². The van der Waals surface area contributed by atoms with Gasteiger partial charge >= 0.3 is 0 Å². The summed E-state index contributed by atoms with van der Waals surface area (Å²) in [5.74, 6) is 0.240. The Bertz CT molecular complexity index is 735. The highest BCUT2D eigenvalue weighted by Crippen LogP contribution is 2.31. The first-order valence-corrected chi connectivity index (χ1v) is 11.2. The predicted octanol–water partition coefficient (Wildman–Crippen LogP) is 2.22. The molecule has 2 N–H and O–H groups in total. The van der Waals surface area contributed by atoms with Gasteiger partial charge in [0.15, 0.2) is 0 Å². The number of carbonyl (C=O) groups excluding carboxylic acids is 1. The van der Waals surface area contributed by atoms with Gasteiger partial charge in [-0.1, -0.05) is 0 Å². The molecule has 6 nitrogen and oxygen atoms in total. The number of hydrogen-bond acceptors (Lipinski definition) is 5. The van der Waals surface area contributed by atoms with Crippen LogP contribution in [0.2, 0.25) is 0 Å². The molecule has 2 aliphatic heterocycles. The zero-order valence-corrected chi connectivity index (χ0v) is 17.7. The Morgan fingerprint density at radius 2 is 1.96 bits per heavy atom. The molecule has 0 aromatic carbocycles. The van der Waals surface area contributed by atoms with E-state index < -0.39 is 16.1 Å². The van der Waals surface area contributed by atoms with E-state index >= 15 is 0 Å². The van der Waals surface area contributed by atoms with Gasteiger partial charge < -0.3 is 10.6 Å². The number of likely N-dealkylation sites (tertiary alicyclic amines) is 1. The van der Waals surface area contributed by atoms with Crippen LogP contribution in [0.5, 0.6) is 0 Å². The number of rotatable bonds is 4. The third kappa shape index (κ3) is 4.25. The van der Waals surface area contributed by atoms with Crippen molar-refractivity contribution in [1.82, 2.24) is 9.21 Å². The monoisotopic (exact) mass is 421 g/mol. The van der Waals surface area contributed by atoms with E-state index in [0.717, 1.165) is 24.1 Å². The maximum Gasteiger partial charge on any atom is 0.253 e. The second-order valence-corrected chi connectivity index (χ2v) is 10.6. The fourth-order valence-electron chi connectivity index (χ4n) is 3.79. The first kappa shape index (κ1) is 21.6. The Hall–Kier alpha value is -0.670. The van der Waals surface area contributed by atoms with Crippen LogP contribution in [0.25, 0.3) is 0 Å². The molecule has 9 heteroatoms. The van der Waals surface area contributed by atoms with Crippen LogP contribution in [0.3, 0.4) is 0 Å². The number of piperidine rings is 1. The van der Waals surface area contributed by atoms with Crippen LogP contribution in [0.4, 0.5) is 0 Å². The standard InChI is InChI=1S/C17H27N3O3S2.ClH/c1-12-7-8-16(24-12)25(22,23)20-10-4-6-15(20)17(21)19-9-3-5-14(11-19)13(2)18;/h7-8,13-15H,3-6,9-11,18H2,1-2H3;1H. The van der Waals surface area contributed by atoms with Crippen molar-refractivity contribution < 1.29 is 13.2 Å². The van der Waals surface area contributed by atoms with E-state index in [-0.39, 0.29) is 24.4 Å². The summed E-state index contributed by atoms with van der Waals surface area (Å²) in [4.78, 5) is 15.8. The molecule has 3 rings (SSSR count). The van der Waals surface area contributed by atoms with E-state index in [1.807, 2.05) is 24.8 Å². The van der Waals surface area contributed by atoms with Crippen molar-refractivity contribution in [3.05, 3.63) is 17.0 Å². The molecule has 2 fully saturated rings. The summed E-state index contributed by atoms with van der Waals surface area (Å²) < 4.78 is 27.7. The minimum Gasteiger partial charge on any atom is -0.341 e. The van der Waals surface area contributed by atoms with E-state index in [0.29, 0.717) is 36.2 Å². The lowest BCUT2D eigenvalue weighted by Crippen LogP contribution is -2.52. The summed E-state index contributed by atoms with van der Waals surface area (Å²) in [6, 6.07) is 2.93. The maximum absolute atomic E-state index is 13.0. The summed E-state index contributed by atoms with van der Waals surface area (Å²) in [6.45, 7) is 5.62. The molecule has 3 heterocycles. The van der Waals surface area contributed by atoms with Gasteiger partial charge in [-0.2, -0.15) is 4.31 Å². The lowest BCUT2D eigenvalue weighted by Gasteiger charge is -2.37. The zero-order valence-electron chi connectivity index (χ0n) is 15.3. The SMILES string of the molecule is Cc1ccc(S(=O)(=O)N2CCCC2C(=O)N2CCCC(C(C)N)C2)s1.Cl. The van der Waals surface area contributed by atoms with Gasteiger partial charge in [0.05, 0.1) is 0 Å². The van der Waals surface area contributed by atoms with Crippen LogP contribution >= 0.6 is 23.7 Å². The number of halogens is 1. The molecular weight excluding hydrogens is 394 g/mol. The van der Waals surface area contributed by atoms with Crippen molar-refractivity contribution in [1.29, 1.82) is 0 Å². The molecule has 0 spiro atoms. The smallest absolute Gasteiger partial charge is 0.253 e. The van der Waals surface area contributed by atoms with Crippen LogP contribution in [0.1, 0.15) is 37.5 Å². The molecule has 3 atom stereocenters. The Morgan fingerprint density at radius 1 is 1.27 bits per heavy atom. The number of carbonyl (C=O) groups is 1. The first-order valence-electron chi connectivity index (χ1n) is 8.93. The van der Waals surface area contributed by atoms with Crippen molar-refractivity contribution in [2.75, 3.05) is 19.6 Å². The number of nitrogens with two attached hydrogens (primary N) is 1. The zero-order chi connectivity index (χ0) is 18.2. The van der Waals surface area contributed by atoms with Crippen molar-refractivity contribution in [3.63, 3.8) is 0 Å². The van der Waals surface area contributed by atoms with Gasteiger partial charge in [0.1, 0.15) is 10.3 Å². The van der Waals surface area contributed by atoms with E-state index in [1.165, 1.54) is 15.6 Å². The van der Waals surface area contributed by atoms with E-state index in [1.54, 1.807) is 6.07 Å². The Balaban J connectivity index is 0.00000243. The maximum atomic E-state index is 13.0. The normalized spacial score (nSPS) is 25.7. The second kappa shape index (κ2) is 8.56. The Labute approximate surface area is 166 Å². The van der Waals surface area contributed by atoms with Crippen LogP contribution in [-0.2, 0) is 14.8 Å². The number of amides is 1. The topological polar surface area (TPSA) is 83.7 Å². The minimum absolute atomic E-state index is 0. The first-order chi connectivity index (χ1) is 11.8. The van der Waals surface area contributed by atoms with Crippen molar-refractivity contribution in [3.8, 4) is 0 Å². The van der Waals surface area contributed by atoms with Crippen LogP contribution in [0, 0.1) is 12.8 Å². The number of sulfonamides is 1. The number of nitrogens with zero attached hydrogens (tertiary/aromatic N) is 2. The molecule has 0 radical (unpaired) electrons. The quantitative estimate of drug-likeness (QED) is 0.807. The molecule has 1 aromatic rings. The summed E-state index contributed by atoms with van der Waals surface area (Å²) in [5, 5.41) is 0. The molecule has 1 aromatic heterocycles. The van der Waals surface area contributed by atoms with Gasteiger partial charge in [-0.05, 0) is 57.6 Å². The average Bonchev–Trinajstić information content (AvgIpc) is 3.23. The summed E-state index contributed by atoms with van der Waals surface area (Å²) in [5.41, 5.74) is 6.01. The highest BCUT2D eigenvalue weighted by atomic mass is 35.5. The van der Waals surface area contributed by atoms with E-state index in [4.69, 9.17) is 5.73 Å². The van der Waals surface area contributed by atoms with E-state index in [2.05, 4.69) is 0 Å². The predicted molar refractivity (Wildman–Crippen MR) is 106 cm³/mol. The van der Waals surface area contributed by atoms with Gasteiger partial charge in [0.25, 0.3) is 10.0 Å². The lowest BCUT2D eigenvalue weighted by molar-refractivity contribution is -0.136. The Kier molecular flexibility index (Phi) is 7.12. The number of thiophene rings is 1. The van der Waals surface area contributed by atoms with Crippen molar-refractivity contribution in [2.24, 2.45) is 11.7 Å². The van der Waals surface area contributed by atoms with Gasteiger partial charge in [-0.3, -0.25) is 4.79 Å². The molecule has 1 amide bonds. The van der Waals surface area contributed by atoms with Gasteiger partial charge in [-0.15, -0.1) is 23.7 Å². The van der Waals surface area contributed by atoms with Crippen molar-refractivity contribution in [2.45, 2.75) is 55.8 Å². The third-order valence-electron chi connectivity index (χ3n) is 5.28. The fraction of sp³-hybridized carbons (Fsp3) is 0.706. The highest BCUT2D eigenvalue weighted by Gasteiger charge is 2.42. The molecular formula is C17H28ClN3O3S2. The lowest BCUT2D eigenvalue weighted by atomic mass is 9.92. The number of aryl methyl sites for hydroxylation is 1. The summed E-state index contributed by atoms with van der Waals surface area (Å²) in [6.07, 6.45) is 3.29. The molecule has 0 saturated carbocycles. The molecule has 2 aliphatic rings. The molecule has 0 bridgehead atoms. The third-order valence-corrected chi connectivity index (χ3v) is 8.66. The largest absolute Gasteiger partial charge is 0.341 e. The summed E-state index contributed by atoms with van der Waals surface area (Å²) in [7, 11) is -3.60. The van der Waals surface area contributed by atoms with Crippen LogP contribution in [0.15, 0.2) is 16.3 Å². The number of hydrogen-bond donors (Lipinski definition) is 1. The minimum atomic E-state index is -3.60. The highest BCUT2D eigenvalue weighted by molar-refractivity contribution is 7.91. The molecule has 148 valence electrons. The van der Waals surface area contributed by atoms with Gasteiger partial charge in [-0.25, -0.2) is 8.42 Å². The van der Waals surface area contributed by atoms with Crippen LogP contribution in [-0.4, -0.2) is 55.2 Å². The van der Waals surface area contributed by atoms with Crippen LogP contribution < -0.4 is 5.73 Å². The van der Waals surface area contributed by atoms with Gasteiger partial charge in [0, 0.05) is 30.6 Å².